The summed E-state index contributed by atoms with van der Waals surface area (Å²) < 4.78 is 22.9. The van der Waals surface area contributed by atoms with Crippen LogP contribution in [0, 0.1) is 6.92 Å². The third-order valence-electron chi connectivity index (χ3n) is 3.84. The van der Waals surface area contributed by atoms with Gasteiger partial charge in [0, 0.05) is 13.0 Å². The van der Waals surface area contributed by atoms with E-state index < -0.39 is 15.9 Å². The second-order valence-electron chi connectivity index (χ2n) is 6.04. The molecule has 2 atom stereocenters. The maximum atomic E-state index is 12.2. The Balaban J connectivity index is 2.01. The molecule has 1 aliphatic heterocycles. The molecular formula is C16H22N2O4S. The quantitative estimate of drug-likeness (QED) is 0.833. The van der Waals surface area contributed by atoms with E-state index in [-0.39, 0.29) is 35.8 Å². The highest BCUT2D eigenvalue weighted by Crippen LogP contribution is 2.18. The molecule has 1 aliphatic rings. The van der Waals surface area contributed by atoms with Crippen molar-refractivity contribution in [2.45, 2.75) is 38.8 Å². The first-order chi connectivity index (χ1) is 10.7. The van der Waals surface area contributed by atoms with Crippen molar-refractivity contribution < 1.29 is 18.0 Å². The van der Waals surface area contributed by atoms with Gasteiger partial charge in [0.05, 0.1) is 24.0 Å². The Morgan fingerprint density at radius 2 is 1.91 bits per heavy atom. The zero-order valence-electron chi connectivity index (χ0n) is 13.3. The van der Waals surface area contributed by atoms with Crippen molar-refractivity contribution in [3.63, 3.8) is 0 Å². The minimum atomic E-state index is -3.03. The molecule has 6 nitrogen and oxygen atoms in total. The Morgan fingerprint density at radius 1 is 1.26 bits per heavy atom. The van der Waals surface area contributed by atoms with Gasteiger partial charge in [0.15, 0.2) is 9.84 Å². The third kappa shape index (κ3) is 5.35. The number of amides is 2. The van der Waals surface area contributed by atoms with Crippen molar-refractivity contribution in [2.24, 2.45) is 0 Å². The summed E-state index contributed by atoms with van der Waals surface area (Å²) in [4.78, 5) is 23.6. The highest BCUT2D eigenvalue weighted by Gasteiger charge is 2.29. The summed E-state index contributed by atoms with van der Waals surface area (Å²) in [6.45, 7) is 3.37. The molecular weight excluding hydrogens is 316 g/mol. The lowest BCUT2D eigenvalue weighted by atomic mass is 10.0. The van der Waals surface area contributed by atoms with Crippen LogP contribution < -0.4 is 10.6 Å². The normalized spacial score (nSPS) is 20.7. The molecule has 0 unspecified atom stereocenters. The predicted molar refractivity (Wildman–Crippen MR) is 87.6 cm³/mol. The van der Waals surface area contributed by atoms with Crippen LogP contribution in [0.3, 0.4) is 0 Å². The van der Waals surface area contributed by atoms with Gasteiger partial charge in [0.25, 0.3) is 0 Å². The molecule has 0 bridgehead atoms. The number of aryl methyl sites for hydroxylation is 1. The number of benzene rings is 1. The van der Waals surface area contributed by atoms with Crippen molar-refractivity contribution in [1.82, 2.24) is 10.6 Å². The number of rotatable bonds is 5. The summed E-state index contributed by atoms with van der Waals surface area (Å²) in [6, 6.07) is 6.85. The lowest BCUT2D eigenvalue weighted by Gasteiger charge is -2.19. The second-order valence-corrected chi connectivity index (χ2v) is 8.26. The van der Waals surface area contributed by atoms with E-state index in [4.69, 9.17) is 0 Å². The molecule has 2 amide bonds. The minimum absolute atomic E-state index is 0.00588. The minimum Gasteiger partial charge on any atom is -0.352 e. The summed E-state index contributed by atoms with van der Waals surface area (Å²) in [6.07, 6.45) is 0.530. The number of sulfone groups is 1. The topological polar surface area (TPSA) is 92.3 Å². The molecule has 2 N–H and O–H groups in total. The average Bonchev–Trinajstić information content (AvgIpc) is 2.77. The molecule has 0 radical (unpaired) electrons. The van der Waals surface area contributed by atoms with Crippen LogP contribution in [-0.2, 0) is 19.4 Å². The fourth-order valence-corrected chi connectivity index (χ4v) is 4.35. The van der Waals surface area contributed by atoms with Crippen LogP contribution >= 0.6 is 0 Å². The number of carbonyl (C=O) groups is 2. The van der Waals surface area contributed by atoms with Crippen LogP contribution in [-0.4, -0.2) is 37.8 Å². The summed E-state index contributed by atoms with van der Waals surface area (Å²) in [5.41, 5.74) is 1.94. The van der Waals surface area contributed by atoms with Gasteiger partial charge < -0.3 is 10.6 Å². The lowest BCUT2D eigenvalue weighted by molar-refractivity contribution is -0.123. The summed E-state index contributed by atoms with van der Waals surface area (Å²) >= 11 is 0. The van der Waals surface area contributed by atoms with Crippen LogP contribution in [0.5, 0.6) is 0 Å². The van der Waals surface area contributed by atoms with E-state index in [0.29, 0.717) is 6.42 Å². The Labute approximate surface area is 136 Å². The van der Waals surface area contributed by atoms with Crippen molar-refractivity contribution >= 4 is 21.7 Å². The van der Waals surface area contributed by atoms with Crippen molar-refractivity contribution in [3.8, 4) is 0 Å². The largest absolute Gasteiger partial charge is 0.352 e. The molecule has 0 aromatic heterocycles. The van der Waals surface area contributed by atoms with E-state index in [1.807, 2.05) is 31.2 Å². The van der Waals surface area contributed by atoms with Gasteiger partial charge in [-0.1, -0.05) is 29.8 Å². The van der Waals surface area contributed by atoms with Crippen LogP contribution in [0.15, 0.2) is 24.3 Å². The lowest BCUT2D eigenvalue weighted by Crippen LogP contribution is -2.38. The molecule has 0 aliphatic carbocycles. The first kappa shape index (κ1) is 17.5. The molecule has 1 aromatic carbocycles. The van der Waals surface area contributed by atoms with E-state index in [2.05, 4.69) is 10.6 Å². The van der Waals surface area contributed by atoms with Crippen LogP contribution in [0.25, 0.3) is 0 Å². The Bertz CT molecular complexity index is 683. The van der Waals surface area contributed by atoms with Crippen molar-refractivity contribution in [2.75, 3.05) is 11.5 Å². The molecule has 2 rings (SSSR count). The standard InChI is InChI=1S/C16H22N2O4S/c1-11-3-5-13(6-4-11)15(17-12(2)19)9-16(20)18-14-7-8-23(21,22)10-14/h3-6,14-15H,7-10H2,1-2H3,(H,17,19)(H,18,20)/t14-,15-/m1/s1. The third-order valence-corrected chi connectivity index (χ3v) is 5.61. The van der Waals surface area contributed by atoms with Gasteiger partial charge in [-0.15, -0.1) is 0 Å². The van der Waals surface area contributed by atoms with Crippen LogP contribution in [0.2, 0.25) is 0 Å². The molecule has 0 spiro atoms. The highest BCUT2D eigenvalue weighted by atomic mass is 32.2. The van der Waals surface area contributed by atoms with E-state index in [1.165, 1.54) is 6.92 Å². The van der Waals surface area contributed by atoms with Crippen LogP contribution in [0.4, 0.5) is 0 Å². The fourth-order valence-electron chi connectivity index (χ4n) is 2.68. The van der Waals surface area contributed by atoms with E-state index in [0.717, 1.165) is 11.1 Å². The Hall–Kier alpha value is -1.89. The molecule has 1 saturated heterocycles. The first-order valence-corrected chi connectivity index (χ1v) is 9.41. The molecule has 1 fully saturated rings. The van der Waals surface area contributed by atoms with Crippen molar-refractivity contribution in [3.05, 3.63) is 35.4 Å². The Kier molecular flexibility index (Phi) is 5.41. The van der Waals surface area contributed by atoms with Crippen molar-refractivity contribution in [1.29, 1.82) is 0 Å². The molecule has 1 heterocycles. The zero-order chi connectivity index (χ0) is 17.0. The zero-order valence-corrected chi connectivity index (χ0v) is 14.2. The van der Waals surface area contributed by atoms with Crippen LogP contribution in [0.1, 0.15) is 36.9 Å². The number of nitrogens with one attached hydrogen (secondary N) is 2. The number of hydrogen-bond acceptors (Lipinski definition) is 4. The molecule has 0 saturated carbocycles. The summed E-state index contributed by atoms with van der Waals surface area (Å²) in [7, 11) is -3.03. The monoisotopic (exact) mass is 338 g/mol. The molecule has 1 aromatic rings. The first-order valence-electron chi connectivity index (χ1n) is 7.58. The van der Waals surface area contributed by atoms with E-state index in [9.17, 15) is 18.0 Å². The van der Waals surface area contributed by atoms with Gasteiger partial charge in [-0.05, 0) is 18.9 Å². The molecule has 126 valence electrons. The van der Waals surface area contributed by atoms with Gasteiger partial charge in [0.1, 0.15) is 0 Å². The predicted octanol–water partition coefficient (Wildman–Crippen LogP) is 0.866. The average molecular weight is 338 g/mol. The van der Waals surface area contributed by atoms with Gasteiger partial charge in [-0.2, -0.15) is 0 Å². The smallest absolute Gasteiger partial charge is 0.222 e. The molecule has 7 heteroatoms. The Morgan fingerprint density at radius 3 is 2.43 bits per heavy atom. The van der Waals surface area contributed by atoms with Gasteiger partial charge in [-0.25, -0.2) is 8.42 Å². The van der Waals surface area contributed by atoms with Gasteiger partial charge in [-0.3, -0.25) is 9.59 Å². The fraction of sp³-hybridized carbons (Fsp3) is 0.500. The van der Waals surface area contributed by atoms with Gasteiger partial charge >= 0.3 is 0 Å². The second kappa shape index (κ2) is 7.12. The number of hydrogen-bond donors (Lipinski definition) is 2. The maximum Gasteiger partial charge on any atom is 0.222 e. The highest BCUT2D eigenvalue weighted by molar-refractivity contribution is 7.91. The maximum absolute atomic E-state index is 12.2. The summed E-state index contributed by atoms with van der Waals surface area (Å²) in [5, 5.41) is 5.52. The van der Waals surface area contributed by atoms with Gasteiger partial charge in [0.2, 0.25) is 11.8 Å². The van der Waals surface area contributed by atoms with E-state index in [1.54, 1.807) is 0 Å². The summed E-state index contributed by atoms with van der Waals surface area (Å²) in [5.74, 6) is -0.364. The number of carbonyl (C=O) groups excluding carboxylic acids is 2. The SMILES string of the molecule is CC(=O)N[C@H](CC(=O)N[C@@H]1CCS(=O)(=O)C1)c1ccc(C)cc1. The molecule has 23 heavy (non-hydrogen) atoms. The van der Waals surface area contributed by atoms with E-state index >= 15 is 0 Å².